The van der Waals surface area contributed by atoms with Crippen molar-refractivity contribution in [2.75, 3.05) is 0 Å². The maximum atomic E-state index is 2.54. The molecule has 11 rings (SSSR count). The van der Waals surface area contributed by atoms with Crippen molar-refractivity contribution in [1.82, 2.24) is 0 Å². The number of rotatable bonds is 4. The Balaban J connectivity index is 1.33. The van der Waals surface area contributed by atoms with E-state index < -0.39 is 0 Å². The number of hydrogen-bond acceptors (Lipinski definition) is 0. The van der Waals surface area contributed by atoms with Gasteiger partial charge < -0.3 is 0 Å². The standard InChI is InChI=1S/C58H50/c1-29(2)37-11-13-41-45(21-37)51-25-39(55-33(7)17-31(5)18-34(55)8)23-49-43-15-16-44-48(47(43)27-53(41)57(49)51)28-54-42-14-12-38(30(3)4)22-46(42)52-26-40(24-50(44)58(52)54)56-35(9)19-32(6)20-36(56)10/h11-30H,1-10H3. The highest BCUT2D eigenvalue weighted by Crippen LogP contribution is 2.50. The first-order chi connectivity index (χ1) is 27.9. The zero-order valence-corrected chi connectivity index (χ0v) is 35.5. The number of hydrogen-bond donors (Lipinski definition) is 0. The summed E-state index contributed by atoms with van der Waals surface area (Å²) in [5.74, 6) is 0.917. The first-order valence-corrected chi connectivity index (χ1v) is 21.3. The summed E-state index contributed by atoms with van der Waals surface area (Å²) in [6.07, 6.45) is 0. The Bertz CT molecular complexity index is 3270. The van der Waals surface area contributed by atoms with Crippen LogP contribution in [0.2, 0.25) is 0 Å². The van der Waals surface area contributed by atoms with Gasteiger partial charge in [0.25, 0.3) is 0 Å². The van der Waals surface area contributed by atoms with E-state index in [2.05, 4.69) is 178 Å². The number of fused-ring (bicyclic) bond motifs is 11. The van der Waals surface area contributed by atoms with Crippen molar-refractivity contribution in [3.8, 4) is 22.3 Å². The number of aryl methyl sites for hydroxylation is 6. The molecule has 0 radical (unpaired) electrons. The van der Waals surface area contributed by atoms with Crippen molar-refractivity contribution in [2.45, 2.75) is 81.1 Å². The molecular weight excluding hydrogens is 697 g/mol. The summed E-state index contributed by atoms with van der Waals surface area (Å²) in [4.78, 5) is 0. The lowest BCUT2D eigenvalue weighted by Gasteiger charge is -2.16. The second kappa shape index (κ2) is 12.3. The molecule has 0 fully saturated rings. The molecule has 0 saturated carbocycles. The quantitative estimate of drug-likeness (QED) is 0.157. The molecule has 282 valence electrons. The van der Waals surface area contributed by atoms with Crippen LogP contribution in [-0.4, -0.2) is 0 Å². The fourth-order valence-electron chi connectivity index (χ4n) is 11.3. The Morgan fingerprint density at radius 3 is 0.879 bits per heavy atom. The minimum absolute atomic E-state index is 0.459. The molecule has 0 spiro atoms. The summed E-state index contributed by atoms with van der Waals surface area (Å²) in [6, 6.07) is 43.8. The lowest BCUT2D eigenvalue weighted by molar-refractivity contribution is 0.869. The van der Waals surface area contributed by atoms with E-state index in [4.69, 9.17) is 0 Å². The largest absolute Gasteiger partial charge is 0.0587 e. The molecule has 0 aliphatic heterocycles. The van der Waals surface area contributed by atoms with Crippen LogP contribution in [-0.2, 0) is 0 Å². The molecule has 0 saturated heterocycles. The highest BCUT2D eigenvalue weighted by atomic mass is 14.3. The van der Waals surface area contributed by atoms with Gasteiger partial charge in [-0.25, -0.2) is 0 Å². The molecule has 0 nitrogen and oxygen atoms in total. The van der Waals surface area contributed by atoms with Crippen LogP contribution in [0.15, 0.2) is 109 Å². The second-order valence-electron chi connectivity index (χ2n) is 18.5. The molecule has 0 bridgehead atoms. The predicted molar refractivity (Wildman–Crippen MR) is 256 cm³/mol. The third kappa shape index (κ3) is 4.88. The molecule has 0 N–H and O–H groups in total. The van der Waals surface area contributed by atoms with Crippen LogP contribution >= 0.6 is 0 Å². The molecule has 0 heterocycles. The van der Waals surface area contributed by atoms with E-state index in [1.807, 2.05) is 0 Å². The van der Waals surface area contributed by atoms with Crippen LogP contribution in [0.1, 0.15) is 84.0 Å². The Morgan fingerprint density at radius 1 is 0.276 bits per heavy atom. The normalized spacial score (nSPS) is 12.6. The zero-order valence-electron chi connectivity index (χ0n) is 35.5. The molecule has 11 aromatic carbocycles. The zero-order chi connectivity index (χ0) is 40.0. The summed E-state index contributed by atoms with van der Waals surface area (Å²) >= 11 is 0. The summed E-state index contributed by atoms with van der Waals surface area (Å²) in [6.45, 7) is 22.8. The first kappa shape index (κ1) is 35.2. The Hall–Kier alpha value is -5.98. The maximum Gasteiger partial charge on any atom is -0.00195 e. The monoisotopic (exact) mass is 746 g/mol. The molecule has 0 aliphatic carbocycles. The van der Waals surface area contributed by atoms with Crippen LogP contribution < -0.4 is 0 Å². The average Bonchev–Trinajstić information content (AvgIpc) is 3.66. The summed E-state index contributed by atoms with van der Waals surface area (Å²) in [5.41, 5.74) is 16.1. The topological polar surface area (TPSA) is 0 Å². The van der Waals surface area contributed by atoms with Crippen molar-refractivity contribution in [2.24, 2.45) is 0 Å². The van der Waals surface area contributed by atoms with Crippen LogP contribution in [0.3, 0.4) is 0 Å². The van der Waals surface area contributed by atoms with Gasteiger partial charge >= 0.3 is 0 Å². The van der Waals surface area contributed by atoms with Crippen LogP contribution in [0.4, 0.5) is 0 Å². The van der Waals surface area contributed by atoms with Crippen molar-refractivity contribution < 1.29 is 0 Å². The van der Waals surface area contributed by atoms with E-state index in [0.717, 1.165) is 0 Å². The van der Waals surface area contributed by atoms with Crippen molar-refractivity contribution in [1.29, 1.82) is 0 Å². The fourth-order valence-corrected chi connectivity index (χ4v) is 11.3. The average molecular weight is 747 g/mol. The van der Waals surface area contributed by atoms with Crippen molar-refractivity contribution in [3.63, 3.8) is 0 Å². The fraction of sp³-hybridized carbons (Fsp3) is 0.207. The Labute approximate surface area is 341 Å². The van der Waals surface area contributed by atoms with Gasteiger partial charge in [0.05, 0.1) is 0 Å². The van der Waals surface area contributed by atoms with Gasteiger partial charge in [-0.2, -0.15) is 0 Å². The molecule has 0 atom stereocenters. The minimum Gasteiger partial charge on any atom is -0.0587 e. The van der Waals surface area contributed by atoms with E-state index in [1.54, 1.807) is 0 Å². The summed E-state index contributed by atoms with van der Waals surface area (Å²) < 4.78 is 0. The lowest BCUT2D eigenvalue weighted by atomic mass is 9.87. The summed E-state index contributed by atoms with van der Waals surface area (Å²) in [5, 5.41) is 21.7. The van der Waals surface area contributed by atoms with Crippen LogP contribution in [0.5, 0.6) is 0 Å². The van der Waals surface area contributed by atoms with Crippen molar-refractivity contribution in [3.05, 3.63) is 154 Å². The van der Waals surface area contributed by atoms with Crippen LogP contribution in [0.25, 0.3) is 108 Å². The third-order valence-electron chi connectivity index (χ3n) is 13.8. The van der Waals surface area contributed by atoms with Gasteiger partial charge in [-0.05, 0) is 232 Å². The molecular formula is C58H50. The van der Waals surface area contributed by atoms with E-state index >= 15 is 0 Å². The molecule has 0 aromatic heterocycles. The minimum atomic E-state index is 0.459. The second-order valence-corrected chi connectivity index (χ2v) is 18.5. The summed E-state index contributed by atoms with van der Waals surface area (Å²) in [7, 11) is 0. The van der Waals surface area contributed by atoms with Gasteiger partial charge in [0.15, 0.2) is 0 Å². The first-order valence-electron chi connectivity index (χ1n) is 21.3. The van der Waals surface area contributed by atoms with Gasteiger partial charge in [0.2, 0.25) is 0 Å². The maximum absolute atomic E-state index is 2.54. The van der Waals surface area contributed by atoms with Gasteiger partial charge in [-0.1, -0.05) is 112 Å². The molecule has 0 aliphatic rings. The highest BCUT2D eigenvalue weighted by molar-refractivity contribution is 6.40. The van der Waals surface area contributed by atoms with Crippen molar-refractivity contribution >= 4 is 86.2 Å². The van der Waals surface area contributed by atoms with E-state index in [-0.39, 0.29) is 0 Å². The highest BCUT2D eigenvalue weighted by Gasteiger charge is 2.23. The Kier molecular flexibility index (Phi) is 7.44. The molecule has 0 unspecified atom stereocenters. The van der Waals surface area contributed by atoms with Gasteiger partial charge in [-0.15, -0.1) is 0 Å². The van der Waals surface area contributed by atoms with Gasteiger partial charge in [0.1, 0.15) is 0 Å². The van der Waals surface area contributed by atoms with E-state index in [0.29, 0.717) is 11.8 Å². The third-order valence-corrected chi connectivity index (χ3v) is 13.8. The lowest BCUT2D eigenvalue weighted by Crippen LogP contribution is -1.92. The predicted octanol–water partition coefficient (Wildman–Crippen LogP) is 17.2. The Morgan fingerprint density at radius 2 is 0.552 bits per heavy atom. The molecule has 58 heavy (non-hydrogen) atoms. The smallest absolute Gasteiger partial charge is 0.00195 e. The molecule has 0 amide bonds. The van der Waals surface area contributed by atoms with Crippen LogP contribution in [0, 0.1) is 41.5 Å². The molecule has 11 aromatic rings. The molecule has 0 heteroatoms. The van der Waals surface area contributed by atoms with E-state index in [9.17, 15) is 0 Å². The van der Waals surface area contributed by atoms with E-state index in [1.165, 1.54) is 153 Å². The number of benzene rings is 9. The van der Waals surface area contributed by atoms with Gasteiger partial charge in [-0.3, -0.25) is 0 Å². The van der Waals surface area contributed by atoms with Gasteiger partial charge in [0, 0.05) is 0 Å². The SMILES string of the molecule is Cc1cc(C)c(-c2cc3c4ccc5c(cc6c7ccc(C(C)C)cc7c7cc(-c8c(C)cc(C)cc8C)cc5c76)c4cc4c5ccc(C(C)C)cc5c(c2)c34)c(C)c1.